The summed E-state index contributed by atoms with van der Waals surface area (Å²) in [5.74, 6) is 0. The second-order valence-electron chi connectivity index (χ2n) is 14.1. The van der Waals surface area contributed by atoms with E-state index in [1.54, 1.807) is 12.1 Å². The number of benzene rings is 4. The molecule has 260 valence electrons. The molecule has 0 amide bonds. The maximum Gasteiger partial charge on any atom is 0.416 e. The molecular formula is C38H48F6N2Si2. The fourth-order valence-electron chi connectivity index (χ4n) is 4.98. The van der Waals surface area contributed by atoms with Crippen LogP contribution in [0.1, 0.15) is 33.4 Å². The van der Waals surface area contributed by atoms with Crippen LogP contribution in [0.25, 0.3) is 0 Å². The Labute approximate surface area is 284 Å². The predicted octanol–water partition coefficient (Wildman–Crippen LogP) is 9.17. The van der Waals surface area contributed by atoms with Gasteiger partial charge in [0.2, 0.25) is 0 Å². The normalized spacial score (nSPS) is 12.4. The van der Waals surface area contributed by atoms with Crippen molar-refractivity contribution in [3.05, 3.63) is 130 Å². The number of hydrogen-bond acceptors (Lipinski definition) is 2. The molecule has 0 aromatic heterocycles. The molecule has 0 spiro atoms. The van der Waals surface area contributed by atoms with E-state index in [1.807, 2.05) is 0 Å². The topological polar surface area (TPSA) is 24.1 Å². The minimum atomic E-state index is -4.28. The van der Waals surface area contributed by atoms with Crippen LogP contribution < -0.4 is 21.0 Å². The number of nitrogens with one attached hydrogen (secondary N) is 2. The van der Waals surface area contributed by atoms with Gasteiger partial charge in [-0.25, -0.2) is 0 Å². The zero-order valence-electron chi connectivity index (χ0n) is 28.7. The molecule has 2 nitrogen and oxygen atoms in total. The molecule has 10 heteroatoms. The van der Waals surface area contributed by atoms with Gasteiger partial charge in [-0.3, -0.25) is 0 Å². The molecule has 2 N–H and O–H groups in total. The van der Waals surface area contributed by atoms with Gasteiger partial charge in [0.15, 0.2) is 0 Å². The fourth-order valence-corrected chi connectivity index (χ4v) is 7.32. The van der Waals surface area contributed by atoms with Gasteiger partial charge in [0.25, 0.3) is 0 Å². The second kappa shape index (κ2) is 17.0. The molecule has 4 rings (SSSR count). The monoisotopic (exact) mass is 702 g/mol. The lowest BCUT2D eigenvalue weighted by atomic mass is 10.1. The average molecular weight is 703 g/mol. The molecule has 0 saturated carbocycles. The van der Waals surface area contributed by atoms with Crippen molar-refractivity contribution >= 4 is 26.5 Å². The highest BCUT2D eigenvalue weighted by atomic mass is 28.3. The maximum atomic E-state index is 12.7. The minimum absolute atomic E-state index is 0.580. The van der Waals surface area contributed by atoms with Gasteiger partial charge in [-0.15, -0.1) is 0 Å². The molecule has 0 fully saturated rings. The zero-order valence-corrected chi connectivity index (χ0v) is 30.7. The van der Waals surface area contributed by atoms with Crippen LogP contribution in [0.2, 0.25) is 39.3 Å². The Morgan fingerprint density at radius 3 is 1.08 bits per heavy atom. The summed E-state index contributed by atoms with van der Waals surface area (Å²) < 4.78 is 76.1. The van der Waals surface area contributed by atoms with Crippen molar-refractivity contribution in [2.45, 2.75) is 77.6 Å². The SMILES string of the molecule is C[Si](C)(C)c1ccc(CNCCc2cccc(C(F)(F)F)c2)cc1.C[Si](C)(C)c1ccc(CNCCc2cccc(C(F)(F)F)c2)cc1. The molecule has 48 heavy (non-hydrogen) atoms. The van der Waals surface area contributed by atoms with Crippen molar-refractivity contribution in [1.29, 1.82) is 0 Å². The number of rotatable bonds is 12. The van der Waals surface area contributed by atoms with Gasteiger partial charge < -0.3 is 10.6 Å². The van der Waals surface area contributed by atoms with E-state index in [9.17, 15) is 26.3 Å². The van der Waals surface area contributed by atoms with Crippen LogP contribution in [0.4, 0.5) is 26.3 Å². The molecule has 4 aromatic rings. The van der Waals surface area contributed by atoms with E-state index < -0.39 is 39.6 Å². The Morgan fingerprint density at radius 1 is 0.458 bits per heavy atom. The molecule has 0 aliphatic heterocycles. The summed E-state index contributed by atoms with van der Waals surface area (Å²) in [4.78, 5) is 0. The molecular weight excluding hydrogens is 655 g/mol. The first-order valence-electron chi connectivity index (χ1n) is 16.2. The summed E-state index contributed by atoms with van der Waals surface area (Å²) in [7, 11) is -2.54. The van der Waals surface area contributed by atoms with E-state index in [0.29, 0.717) is 37.1 Å². The summed E-state index contributed by atoms with van der Waals surface area (Å²) >= 11 is 0. The minimum Gasteiger partial charge on any atom is -0.312 e. The standard InChI is InChI=1S/2C19H24F3NSi/c2*1-24(2,3)18-9-7-16(8-10-18)14-23-12-11-15-5-4-6-17(13-15)19(20,21)22/h2*4-10,13,23H,11-12,14H2,1-3H3. The van der Waals surface area contributed by atoms with E-state index in [1.165, 1.54) is 45.8 Å². The van der Waals surface area contributed by atoms with Crippen LogP contribution in [0.15, 0.2) is 97.1 Å². The van der Waals surface area contributed by atoms with E-state index in [4.69, 9.17) is 0 Å². The van der Waals surface area contributed by atoms with E-state index in [-0.39, 0.29) is 0 Å². The predicted molar refractivity (Wildman–Crippen MR) is 193 cm³/mol. The van der Waals surface area contributed by atoms with Crippen LogP contribution >= 0.6 is 0 Å². The van der Waals surface area contributed by atoms with Gasteiger partial charge in [0, 0.05) is 13.1 Å². The highest BCUT2D eigenvalue weighted by Gasteiger charge is 2.31. The Kier molecular flexibility index (Phi) is 13.9. The van der Waals surface area contributed by atoms with Crippen LogP contribution in [0.5, 0.6) is 0 Å². The van der Waals surface area contributed by atoms with Gasteiger partial charge >= 0.3 is 12.4 Å². The second-order valence-corrected chi connectivity index (χ2v) is 24.3. The van der Waals surface area contributed by atoms with Crippen molar-refractivity contribution in [3.8, 4) is 0 Å². The Hall–Kier alpha value is -3.19. The summed E-state index contributed by atoms with van der Waals surface area (Å²) in [5.41, 5.74) is 2.63. The molecule has 0 bridgehead atoms. The van der Waals surface area contributed by atoms with Crippen molar-refractivity contribution in [2.75, 3.05) is 13.1 Å². The summed E-state index contributed by atoms with van der Waals surface area (Å²) in [6.07, 6.45) is -7.39. The van der Waals surface area contributed by atoms with E-state index in [2.05, 4.69) is 98.4 Å². The zero-order chi connectivity index (χ0) is 35.6. The number of hydrogen-bond donors (Lipinski definition) is 2. The van der Waals surface area contributed by atoms with Gasteiger partial charge in [0.05, 0.1) is 27.3 Å². The molecule has 0 heterocycles. The van der Waals surface area contributed by atoms with Gasteiger partial charge in [-0.1, -0.05) is 135 Å². The maximum absolute atomic E-state index is 12.7. The van der Waals surface area contributed by atoms with Gasteiger partial charge in [0.1, 0.15) is 0 Å². The molecule has 0 aliphatic rings. The summed E-state index contributed by atoms with van der Waals surface area (Å²) in [5, 5.41) is 9.45. The Morgan fingerprint density at radius 2 is 0.792 bits per heavy atom. The molecule has 0 atom stereocenters. The molecule has 0 radical (unpaired) electrons. The average Bonchev–Trinajstić information content (AvgIpc) is 3.01. The Balaban J connectivity index is 0.000000260. The van der Waals surface area contributed by atoms with Crippen molar-refractivity contribution in [3.63, 3.8) is 0 Å². The summed E-state index contributed by atoms with van der Waals surface area (Å²) in [6, 6.07) is 28.4. The molecule has 0 aliphatic carbocycles. The highest BCUT2D eigenvalue weighted by Crippen LogP contribution is 2.30. The van der Waals surface area contributed by atoms with Crippen LogP contribution in [0, 0.1) is 0 Å². The van der Waals surface area contributed by atoms with Gasteiger partial charge in [-0.05, 0) is 60.3 Å². The quantitative estimate of drug-likeness (QED) is 0.0875. The third kappa shape index (κ3) is 13.4. The smallest absolute Gasteiger partial charge is 0.312 e. The van der Waals surface area contributed by atoms with Crippen LogP contribution in [0.3, 0.4) is 0 Å². The lowest BCUT2D eigenvalue weighted by Crippen LogP contribution is -2.37. The first kappa shape index (κ1) is 39.3. The largest absolute Gasteiger partial charge is 0.416 e. The highest BCUT2D eigenvalue weighted by molar-refractivity contribution is 6.89. The fraction of sp³-hybridized carbons (Fsp3) is 0.368. The number of halogens is 6. The Bertz CT molecular complexity index is 1430. The third-order valence-corrected chi connectivity index (χ3v) is 12.1. The first-order chi connectivity index (χ1) is 22.3. The lowest BCUT2D eigenvalue weighted by molar-refractivity contribution is -0.138. The lowest BCUT2D eigenvalue weighted by Gasteiger charge is -2.16. The first-order valence-corrected chi connectivity index (χ1v) is 23.2. The van der Waals surface area contributed by atoms with Crippen LogP contribution in [-0.2, 0) is 38.3 Å². The van der Waals surface area contributed by atoms with Crippen molar-refractivity contribution < 1.29 is 26.3 Å². The molecule has 4 aromatic carbocycles. The summed E-state index contributed by atoms with van der Waals surface area (Å²) in [6.45, 7) is 16.6. The molecule has 0 saturated heterocycles. The van der Waals surface area contributed by atoms with E-state index >= 15 is 0 Å². The van der Waals surface area contributed by atoms with Gasteiger partial charge in [-0.2, -0.15) is 26.3 Å². The van der Waals surface area contributed by atoms with Crippen molar-refractivity contribution in [2.24, 2.45) is 0 Å². The van der Waals surface area contributed by atoms with E-state index in [0.717, 1.165) is 25.2 Å². The molecule has 0 unspecified atom stereocenters. The third-order valence-electron chi connectivity index (χ3n) is 7.99. The van der Waals surface area contributed by atoms with Crippen molar-refractivity contribution in [1.82, 2.24) is 10.6 Å². The number of alkyl halides is 6. The van der Waals surface area contributed by atoms with Crippen LogP contribution in [-0.4, -0.2) is 29.2 Å².